The van der Waals surface area contributed by atoms with Gasteiger partial charge in [0, 0.05) is 13.2 Å². The maximum atomic E-state index is 9.13. The maximum absolute atomic E-state index is 9.13. The Bertz CT molecular complexity index is 382. The fraction of sp³-hybridized carbons (Fsp3) is 0.647. The molecule has 112 valence electrons. The second-order valence-electron chi connectivity index (χ2n) is 6.09. The molecule has 20 heavy (non-hydrogen) atoms. The molecule has 1 saturated heterocycles. The number of nitrogens with zero attached hydrogens (tertiary/aromatic N) is 1. The Kier molecular flexibility index (Phi) is 5.86. The average molecular weight is 277 g/mol. The first-order chi connectivity index (χ1) is 9.71. The van der Waals surface area contributed by atoms with Gasteiger partial charge in [0.25, 0.3) is 0 Å². The summed E-state index contributed by atoms with van der Waals surface area (Å²) >= 11 is 0. The lowest BCUT2D eigenvalue weighted by molar-refractivity contribution is 0.145. The van der Waals surface area contributed by atoms with Crippen molar-refractivity contribution < 1.29 is 9.84 Å². The number of likely N-dealkylation sites (tertiary alicyclic amines) is 1. The molecule has 1 aromatic rings. The second kappa shape index (κ2) is 7.65. The van der Waals surface area contributed by atoms with Gasteiger partial charge in [-0.1, -0.05) is 19.1 Å². The lowest BCUT2D eigenvalue weighted by Crippen LogP contribution is -2.33. The number of rotatable bonds is 6. The van der Waals surface area contributed by atoms with Gasteiger partial charge in [-0.05, 0) is 61.9 Å². The minimum Gasteiger partial charge on any atom is -0.497 e. The van der Waals surface area contributed by atoms with Crippen LogP contribution in [0.3, 0.4) is 0 Å². The average Bonchev–Trinajstić information content (AvgIpc) is 2.50. The molecule has 1 unspecified atom stereocenters. The molecule has 3 nitrogen and oxygen atoms in total. The van der Waals surface area contributed by atoms with Gasteiger partial charge >= 0.3 is 0 Å². The van der Waals surface area contributed by atoms with Crippen LogP contribution in [-0.4, -0.2) is 36.8 Å². The van der Waals surface area contributed by atoms with Crippen LogP contribution in [0.1, 0.15) is 31.7 Å². The van der Waals surface area contributed by atoms with Crippen LogP contribution in [0.5, 0.6) is 5.75 Å². The van der Waals surface area contributed by atoms with Crippen molar-refractivity contribution in [2.75, 3.05) is 26.8 Å². The first-order valence-electron chi connectivity index (χ1n) is 7.67. The molecule has 0 radical (unpaired) electrons. The topological polar surface area (TPSA) is 32.7 Å². The molecule has 1 atom stereocenters. The van der Waals surface area contributed by atoms with E-state index in [9.17, 15) is 0 Å². The van der Waals surface area contributed by atoms with Crippen molar-refractivity contribution >= 4 is 0 Å². The molecule has 2 rings (SSSR count). The van der Waals surface area contributed by atoms with Crippen LogP contribution in [0, 0.1) is 11.8 Å². The van der Waals surface area contributed by atoms with E-state index in [4.69, 9.17) is 9.84 Å². The van der Waals surface area contributed by atoms with E-state index in [1.54, 1.807) is 7.11 Å². The van der Waals surface area contributed by atoms with Crippen molar-refractivity contribution in [2.24, 2.45) is 11.8 Å². The quantitative estimate of drug-likeness (QED) is 0.868. The van der Waals surface area contributed by atoms with Crippen molar-refractivity contribution in [3.05, 3.63) is 29.8 Å². The van der Waals surface area contributed by atoms with Crippen LogP contribution < -0.4 is 4.74 Å². The summed E-state index contributed by atoms with van der Waals surface area (Å²) in [5.41, 5.74) is 1.35. The molecule has 0 bridgehead atoms. The van der Waals surface area contributed by atoms with E-state index in [2.05, 4.69) is 24.0 Å². The fourth-order valence-electron chi connectivity index (χ4n) is 3.01. The van der Waals surface area contributed by atoms with Gasteiger partial charge in [-0.15, -0.1) is 0 Å². The lowest BCUT2D eigenvalue weighted by atomic mass is 9.88. The number of aliphatic hydroxyl groups excluding tert-OH is 1. The summed E-state index contributed by atoms with van der Waals surface area (Å²) in [7, 11) is 1.70. The van der Waals surface area contributed by atoms with Gasteiger partial charge in [-0.2, -0.15) is 0 Å². The van der Waals surface area contributed by atoms with E-state index < -0.39 is 0 Å². The fourth-order valence-corrected chi connectivity index (χ4v) is 3.01. The Morgan fingerprint density at radius 1 is 1.25 bits per heavy atom. The molecule has 0 saturated carbocycles. The van der Waals surface area contributed by atoms with Crippen molar-refractivity contribution in [2.45, 2.75) is 32.7 Å². The normalized spacial score (nSPS) is 18.9. The smallest absolute Gasteiger partial charge is 0.118 e. The van der Waals surface area contributed by atoms with Crippen LogP contribution in [0.2, 0.25) is 0 Å². The zero-order valence-corrected chi connectivity index (χ0v) is 12.7. The van der Waals surface area contributed by atoms with E-state index in [1.165, 1.54) is 37.9 Å². The van der Waals surface area contributed by atoms with Crippen molar-refractivity contribution in [1.29, 1.82) is 0 Å². The Morgan fingerprint density at radius 2 is 1.90 bits per heavy atom. The van der Waals surface area contributed by atoms with Gasteiger partial charge in [-0.3, -0.25) is 4.90 Å². The van der Waals surface area contributed by atoms with E-state index in [1.807, 2.05) is 12.1 Å². The molecule has 0 aromatic heterocycles. The minimum absolute atomic E-state index is 0.325. The number of methoxy groups -OCH3 is 1. The van der Waals surface area contributed by atoms with Gasteiger partial charge in [-0.25, -0.2) is 0 Å². The number of hydrogen-bond acceptors (Lipinski definition) is 3. The maximum Gasteiger partial charge on any atom is 0.118 e. The van der Waals surface area contributed by atoms with Crippen molar-refractivity contribution in [1.82, 2.24) is 4.90 Å². The number of aliphatic hydroxyl groups is 1. The minimum atomic E-state index is 0.325. The van der Waals surface area contributed by atoms with E-state index in [-0.39, 0.29) is 0 Å². The first-order valence-corrected chi connectivity index (χ1v) is 7.67. The zero-order valence-electron chi connectivity index (χ0n) is 12.7. The van der Waals surface area contributed by atoms with Gasteiger partial charge in [0.15, 0.2) is 0 Å². The van der Waals surface area contributed by atoms with Gasteiger partial charge in [0.2, 0.25) is 0 Å². The van der Waals surface area contributed by atoms with Crippen LogP contribution in [-0.2, 0) is 6.54 Å². The van der Waals surface area contributed by atoms with Crippen LogP contribution in [0.4, 0.5) is 0 Å². The van der Waals surface area contributed by atoms with E-state index in [0.717, 1.165) is 18.2 Å². The molecule has 1 fully saturated rings. The molecule has 1 N–H and O–H groups in total. The molecule has 0 amide bonds. The Balaban J connectivity index is 1.76. The molecular weight excluding hydrogens is 250 g/mol. The van der Waals surface area contributed by atoms with Crippen LogP contribution in [0.15, 0.2) is 24.3 Å². The summed E-state index contributed by atoms with van der Waals surface area (Å²) in [5.74, 6) is 2.17. The van der Waals surface area contributed by atoms with E-state index >= 15 is 0 Å². The molecule has 1 heterocycles. The second-order valence-corrected chi connectivity index (χ2v) is 6.09. The third kappa shape index (κ3) is 4.50. The Hall–Kier alpha value is -1.06. The summed E-state index contributed by atoms with van der Waals surface area (Å²) in [6.07, 6.45) is 3.70. The SMILES string of the molecule is COc1ccc(CN2CCC(CC(C)CO)CC2)cc1. The number of piperidine rings is 1. The third-order valence-electron chi connectivity index (χ3n) is 4.32. The molecule has 0 aliphatic carbocycles. The largest absolute Gasteiger partial charge is 0.497 e. The lowest BCUT2D eigenvalue weighted by Gasteiger charge is -2.33. The van der Waals surface area contributed by atoms with Gasteiger partial charge in [0.05, 0.1) is 7.11 Å². The zero-order chi connectivity index (χ0) is 14.4. The Labute approximate surface area is 122 Å². The highest BCUT2D eigenvalue weighted by Gasteiger charge is 2.20. The number of hydrogen-bond donors (Lipinski definition) is 1. The van der Waals surface area contributed by atoms with E-state index in [0.29, 0.717) is 12.5 Å². The van der Waals surface area contributed by atoms with Crippen LogP contribution in [0.25, 0.3) is 0 Å². The summed E-state index contributed by atoms with van der Waals surface area (Å²) in [5, 5.41) is 9.13. The summed E-state index contributed by atoms with van der Waals surface area (Å²) in [4.78, 5) is 2.53. The summed E-state index contributed by atoms with van der Waals surface area (Å²) in [6, 6.07) is 8.37. The molecular formula is C17H27NO2. The molecule has 3 heteroatoms. The standard InChI is InChI=1S/C17H27NO2/c1-14(13-19)11-15-7-9-18(10-8-15)12-16-3-5-17(20-2)6-4-16/h3-6,14-15,19H,7-13H2,1-2H3. The highest BCUT2D eigenvalue weighted by atomic mass is 16.5. The third-order valence-corrected chi connectivity index (χ3v) is 4.32. The van der Waals surface area contributed by atoms with Crippen molar-refractivity contribution in [3.63, 3.8) is 0 Å². The summed E-state index contributed by atoms with van der Waals surface area (Å²) in [6.45, 7) is 5.85. The highest BCUT2D eigenvalue weighted by molar-refractivity contribution is 5.27. The predicted octanol–water partition coefficient (Wildman–Crippen LogP) is 2.93. The summed E-state index contributed by atoms with van der Waals surface area (Å²) < 4.78 is 5.19. The first kappa shape index (κ1) is 15.3. The van der Waals surface area contributed by atoms with Crippen molar-refractivity contribution in [3.8, 4) is 5.75 Å². The molecule has 1 aromatic carbocycles. The molecule has 1 aliphatic rings. The van der Waals surface area contributed by atoms with Gasteiger partial charge in [0.1, 0.15) is 5.75 Å². The monoisotopic (exact) mass is 277 g/mol. The number of ether oxygens (including phenoxy) is 1. The molecule has 0 spiro atoms. The Morgan fingerprint density at radius 3 is 2.45 bits per heavy atom. The highest BCUT2D eigenvalue weighted by Crippen LogP contribution is 2.25. The number of benzene rings is 1. The molecule has 1 aliphatic heterocycles. The van der Waals surface area contributed by atoms with Crippen LogP contribution >= 0.6 is 0 Å². The predicted molar refractivity (Wildman–Crippen MR) is 81.9 cm³/mol. The van der Waals surface area contributed by atoms with Gasteiger partial charge < -0.3 is 9.84 Å².